The maximum Gasteiger partial charge on any atom is 0.161 e. The first kappa shape index (κ1) is 14.8. The van der Waals surface area contributed by atoms with Gasteiger partial charge in [0.1, 0.15) is 0 Å². The lowest BCUT2D eigenvalue weighted by Crippen LogP contribution is -2.40. The maximum absolute atomic E-state index is 9.61. The molecule has 1 unspecified atom stereocenters. The van der Waals surface area contributed by atoms with E-state index in [0.29, 0.717) is 18.9 Å². The van der Waals surface area contributed by atoms with Crippen LogP contribution in [0.15, 0.2) is 18.2 Å². The van der Waals surface area contributed by atoms with Crippen molar-refractivity contribution in [3.63, 3.8) is 0 Å². The van der Waals surface area contributed by atoms with Crippen LogP contribution in [0.1, 0.15) is 19.4 Å². The van der Waals surface area contributed by atoms with Gasteiger partial charge in [-0.3, -0.25) is 0 Å². The van der Waals surface area contributed by atoms with Crippen molar-refractivity contribution in [1.29, 1.82) is 0 Å². The summed E-state index contributed by atoms with van der Waals surface area (Å²) in [4.78, 5) is 0. The standard InChI is InChI=1S/C13H21NO4/c1-3-18-12-6-10(4-5-11(12)16)7-14-8-13(2,17)9-15/h4-6,14-17H,3,7-9H2,1-2H3. The van der Waals surface area contributed by atoms with E-state index in [1.165, 1.54) is 0 Å². The van der Waals surface area contributed by atoms with Crippen LogP contribution in [0.4, 0.5) is 0 Å². The molecule has 102 valence electrons. The van der Waals surface area contributed by atoms with Gasteiger partial charge in [-0.1, -0.05) is 6.07 Å². The third-order valence-electron chi connectivity index (χ3n) is 2.50. The minimum Gasteiger partial charge on any atom is -0.504 e. The number of phenolic OH excluding ortho intramolecular Hbond substituents is 1. The van der Waals surface area contributed by atoms with Gasteiger partial charge in [0.25, 0.3) is 0 Å². The summed E-state index contributed by atoms with van der Waals surface area (Å²) in [5.74, 6) is 0.564. The van der Waals surface area contributed by atoms with E-state index in [1.807, 2.05) is 6.92 Å². The van der Waals surface area contributed by atoms with Crippen LogP contribution in [0.5, 0.6) is 11.5 Å². The average molecular weight is 255 g/mol. The van der Waals surface area contributed by atoms with Gasteiger partial charge in [0.15, 0.2) is 11.5 Å². The van der Waals surface area contributed by atoms with Crippen molar-refractivity contribution in [1.82, 2.24) is 5.32 Å². The zero-order valence-corrected chi connectivity index (χ0v) is 10.8. The zero-order valence-electron chi connectivity index (χ0n) is 10.8. The van der Waals surface area contributed by atoms with Crippen molar-refractivity contribution < 1.29 is 20.1 Å². The summed E-state index contributed by atoms with van der Waals surface area (Å²) in [5, 5.41) is 31.1. The summed E-state index contributed by atoms with van der Waals surface area (Å²) < 4.78 is 5.28. The SMILES string of the molecule is CCOc1cc(CNCC(C)(O)CO)ccc1O. The number of ether oxygens (including phenoxy) is 1. The summed E-state index contributed by atoms with van der Waals surface area (Å²) in [7, 11) is 0. The average Bonchev–Trinajstić information content (AvgIpc) is 2.33. The van der Waals surface area contributed by atoms with E-state index in [1.54, 1.807) is 25.1 Å². The second kappa shape index (κ2) is 6.58. The number of rotatable bonds is 7. The lowest BCUT2D eigenvalue weighted by atomic mass is 10.1. The Hall–Kier alpha value is -1.30. The number of aliphatic hydroxyl groups excluding tert-OH is 1. The van der Waals surface area contributed by atoms with Gasteiger partial charge in [0.2, 0.25) is 0 Å². The number of nitrogens with one attached hydrogen (secondary N) is 1. The fourth-order valence-corrected chi connectivity index (χ4v) is 1.47. The van der Waals surface area contributed by atoms with E-state index in [2.05, 4.69) is 5.32 Å². The Kier molecular flexibility index (Phi) is 5.40. The molecule has 1 aromatic rings. The molecule has 0 amide bonds. The molecule has 0 heterocycles. The number of phenols is 1. The third-order valence-corrected chi connectivity index (χ3v) is 2.50. The second-order valence-corrected chi connectivity index (χ2v) is 4.49. The van der Waals surface area contributed by atoms with E-state index in [-0.39, 0.29) is 18.9 Å². The molecule has 0 radical (unpaired) electrons. The van der Waals surface area contributed by atoms with Gasteiger partial charge in [-0.05, 0) is 31.5 Å². The van der Waals surface area contributed by atoms with Crippen LogP contribution in [0, 0.1) is 0 Å². The predicted molar refractivity (Wildman–Crippen MR) is 68.7 cm³/mol. The van der Waals surface area contributed by atoms with Crippen molar-refractivity contribution in [2.45, 2.75) is 26.0 Å². The molecule has 5 nitrogen and oxygen atoms in total. The smallest absolute Gasteiger partial charge is 0.161 e. The van der Waals surface area contributed by atoms with E-state index >= 15 is 0 Å². The molecule has 0 saturated heterocycles. The number of aromatic hydroxyl groups is 1. The van der Waals surface area contributed by atoms with Crippen LogP contribution in [0.25, 0.3) is 0 Å². The molecular formula is C13H21NO4. The van der Waals surface area contributed by atoms with Crippen molar-refractivity contribution in [2.24, 2.45) is 0 Å². The van der Waals surface area contributed by atoms with Crippen molar-refractivity contribution in [3.05, 3.63) is 23.8 Å². The monoisotopic (exact) mass is 255 g/mol. The minimum atomic E-state index is -1.13. The molecule has 1 aromatic carbocycles. The number of benzene rings is 1. The summed E-state index contributed by atoms with van der Waals surface area (Å²) in [6, 6.07) is 5.10. The number of aliphatic hydroxyl groups is 2. The molecule has 0 bridgehead atoms. The molecule has 5 heteroatoms. The van der Waals surface area contributed by atoms with Crippen molar-refractivity contribution >= 4 is 0 Å². The van der Waals surface area contributed by atoms with Crippen LogP contribution in [-0.4, -0.2) is 40.7 Å². The zero-order chi connectivity index (χ0) is 13.6. The van der Waals surface area contributed by atoms with Gasteiger partial charge in [0.05, 0.1) is 18.8 Å². The Labute approximate surface area is 107 Å². The molecule has 0 spiro atoms. The van der Waals surface area contributed by atoms with Gasteiger partial charge < -0.3 is 25.4 Å². The molecule has 0 saturated carbocycles. The molecule has 1 rings (SSSR count). The van der Waals surface area contributed by atoms with Crippen LogP contribution >= 0.6 is 0 Å². The number of hydrogen-bond donors (Lipinski definition) is 4. The van der Waals surface area contributed by atoms with E-state index in [0.717, 1.165) is 5.56 Å². The first-order valence-electron chi connectivity index (χ1n) is 5.97. The van der Waals surface area contributed by atoms with Gasteiger partial charge in [-0.2, -0.15) is 0 Å². The molecule has 0 aliphatic rings. The quantitative estimate of drug-likeness (QED) is 0.574. The first-order valence-corrected chi connectivity index (χ1v) is 5.97. The van der Waals surface area contributed by atoms with Crippen LogP contribution < -0.4 is 10.1 Å². The minimum absolute atomic E-state index is 0.114. The maximum atomic E-state index is 9.61. The molecular weight excluding hydrogens is 234 g/mol. The summed E-state index contributed by atoms with van der Waals surface area (Å²) in [6.07, 6.45) is 0. The van der Waals surface area contributed by atoms with Crippen LogP contribution in [0.3, 0.4) is 0 Å². The fraction of sp³-hybridized carbons (Fsp3) is 0.538. The highest BCUT2D eigenvalue weighted by Gasteiger charge is 2.17. The number of hydrogen-bond acceptors (Lipinski definition) is 5. The Morgan fingerprint density at radius 3 is 2.72 bits per heavy atom. The van der Waals surface area contributed by atoms with Gasteiger partial charge >= 0.3 is 0 Å². The molecule has 1 atom stereocenters. The first-order chi connectivity index (χ1) is 8.48. The Morgan fingerprint density at radius 1 is 1.39 bits per heavy atom. The Morgan fingerprint density at radius 2 is 2.11 bits per heavy atom. The largest absolute Gasteiger partial charge is 0.504 e. The topological polar surface area (TPSA) is 82.0 Å². The highest BCUT2D eigenvalue weighted by atomic mass is 16.5. The van der Waals surface area contributed by atoms with Gasteiger partial charge in [-0.25, -0.2) is 0 Å². The summed E-state index contributed by atoms with van der Waals surface area (Å²) >= 11 is 0. The Bertz CT molecular complexity index is 379. The van der Waals surface area contributed by atoms with E-state index in [4.69, 9.17) is 9.84 Å². The normalized spacial score (nSPS) is 14.2. The molecule has 0 aliphatic heterocycles. The van der Waals surface area contributed by atoms with Gasteiger partial charge in [-0.15, -0.1) is 0 Å². The third kappa shape index (κ3) is 4.52. The van der Waals surface area contributed by atoms with Crippen LogP contribution in [0.2, 0.25) is 0 Å². The van der Waals surface area contributed by atoms with Gasteiger partial charge in [0, 0.05) is 13.1 Å². The van der Waals surface area contributed by atoms with Crippen molar-refractivity contribution in [3.8, 4) is 11.5 Å². The highest BCUT2D eigenvalue weighted by Crippen LogP contribution is 2.26. The summed E-state index contributed by atoms with van der Waals surface area (Å²) in [6.45, 7) is 4.42. The molecule has 4 N–H and O–H groups in total. The molecule has 0 aliphatic carbocycles. The summed E-state index contributed by atoms with van der Waals surface area (Å²) in [5.41, 5.74) is -0.190. The predicted octanol–water partition coefficient (Wildman–Crippen LogP) is 0.624. The van der Waals surface area contributed by atoms with Crippen LogP contribution in [-0.2, 0) is 6.54 Å². The lowest BCUT2D eigenvalue weighted by molar-refractivity contribution is 0.00253. The Balaban J connectivity index is 2.55. The molecule has 0 aromatic heterocycles. The molecule has 0 fully saturated rings. The molecule has 18 heavy (non-hydrogen) atoms. The van der Waals surface area contributed by atoms with E-state index in [9.17, 15) is 10.2 Å². The fourth-order valence-electron chi connectivity index (χ4n) is 1.47. The van der Waals surface area contributed by atoms with E-state index < -0.39 is 5.60 Å². The van der Waals surface area contributed by atoms with Crippen molar-refractivity contribution in [2.75, 3.05) is 19.8 Å². The highest BCUT2D eigenvalue weighted by molar-refractivity contribution is 5.41. The lowest BCUT2D eigenvalue weighted by Gasteiger charge is -2.20. The second-order valence-electron chi connectivity index (χ2n) is 4.49.